The highest BCUT2D eigenvalue weighted by Crippen LogP contribution is 2.37. The molecule has 1 aliphatic heterocycles. The number of aryl methyl sites for hydroxylation is 1. The second kappa shape index (κ2) is 5.70. The highest BCUT2D eigenvalue weighted by Gasteiger charge is 2.46. The molecule has 1 N–H and O–H groups in total. The predicted molar refractivity (Wildman–Crippen MR) is 89.6 cm³/mol. The Morgan fingerprint density at radius 1 is 1.25 bits per heavy atom. The maximum Gasteiger partial charge on any atom is 0.258 e. The van der Waals surface area contributed by atoms with E-state index in [1.54, 1.807) is 13.0 Å². The Morgan fingerprint density at radius 3 is 2.54 bits per heavy atom. The van der Waals surface area contributed by atoms with Crippen molar-refractivity contribution in [1.29, 1.82) is 0 Å². The number of ether oxygens (including phenoxy) is 1. The summed E-state index contributed by atoms with van der Waals surface area (Å²) in [6, 6.07) is 7.16. The van der Waals surface area contributed by atoms with Gasteiger partial charge >= 0.3 is 0 Å². The van der Waals surface area contributed by atoms with Crippen LogP contribution in [0.4, 0.5) is 0 Å². The zero-order chi connectivity index (χ0) is 17.5. The van der Waals surface area contributed by atoms with Crippen LogP contribution in [0.25, 0.3) is 11.5 Å². The molecule has 0 radical (unpaired) electrons. The van der Waals surface area contributed by atoms with Crippen molar-refractivity contribution in [3.63, 3.8) is 0 Å². The van der Waals surface area contributed by atoms with Gasteiger partial charge in [0.15, 0.2) is 5.82 Å². The topological polar surface area (TPSA) is 77.2 Å². The third-order valence-electron chi connectivity index (χ3n) is 4.31. The van der Waals surface area contributed by atoms with E-state index >= 15 is 0 Å². The molecule has 24 heavy (non-hydrogen) atoms. The van der Waals surface area contributed by atoms with Gasteiger partial charge in [-0.15, -0.1) is 0 Å². The standard InChI is InChI=1S/C18H23N3O3/c1-11-19-16(23-21-11)13-9-7-6-8-12(13)15(22)20-14-10-17(2,3)24-18(14,4)5/h6-9,14H,10H2,1-5H3,(H,20,22). The summed E-state index contributed by atoms with van der Waals surface area (Å²) in [5.41, 5.74) is 0.466. The van der Waals surface area contributed by atoms with E-state index in [0.717, 1.165) is 6.42 Å². The van der Waals surface area contributed by atoms with Crippen LogP contribution in [0.2, 0.25) is 0 Å². The highest BCUT2D eigenvalue weighted by molar-refractivity contribution is 6.00. The van der Waals surface area contributed by atoms with Gasteiger partial charge in [-0.05, 0) is 53.2 Å². The Labute approximate surface area is 141 Å². The molecule has 6 heteroatoms. The van der Waals surface area contributed by atoms with Crippen LogP contribution in [0.3, 0.4) is 0 Å². The molecule has 1 atom stereocenters. The van der Waals surface area contributed by atoms with Crippen LogP contribution in [-0.2, 0) is 4.74 Å². The molecule has 2 aromatic rings. The molecular weight excluding hydrogens is 306 g/mol. The van der Waals surface area contributed by atoms with Crippen molar-refractivity contribution in [2.75, 3.05) is 0 Å². The zero-order valence-electron chi connectivity index (χ0n) is 14.7. The SMILES string of the molecule is Cc1noc(-c2ccccc2C(=O)NC2CC(C)(C)OC2(C)C)n1. The molecule has 1 aromatic carbocycles. The number of carbonyl (C=O) groups is 1. The van der Waals surface area contributed by atoms with Gasteiger partial charge in [0.2, 0.25) is 0 Å². The minimum atomic E-state index is -0.421. The van der Waals surface area contributed by atoms with E-state index in [2.05, 4.69) is 15.5 Å². The molecule has 6 nitrogen and oxygen atoms in total. The van der Waals surface area contributed by atoms with Gasteiger partial charge in [0, 0.05) is 0 Å². The van der Waals surface area contributed by atoms with Crippen molar-refractivity contribution in [1.82, 2.24) is 15.5 Å². The van der Waals surface area contributed by atoms with Crippen LogP contribution in [0.1, 0.15) is 50.3 Å². The number of aromatic nitrogens is 2. The van der Waals surface area contributed by atoms with Crippen LogP contribution >= 0.6 is 0 Å². The fraction of sp³-hybridized carbons (Fsp3) is 0.500. The first-order chi connectivity index (χ1) is 11.2. The quantitative estimate of drug-likeness (QED) is 0.936. The normalized spacial score (nSPS) is 21.6. The molecule has 1 aliphatic rings. The van der Waals surface area contributed by atoms with Crippen LogP contribution in [-0.4, -0.2) is 33.3 Å². The summed E-state index contributed by atoms with van der Waals surface area (Å²) in [6.45, 7) is 9.82. The first-order valence-electron chi connectivity index (χ1n) is 8.09. The molecule has 3 rings (SSSR count). The molecule has 0 bridgehead atoms. The molecule has 2 heterocycles. The number of nitrogens with zero attached hydrogens (tertiary/aromatic N) is 2. The Hall–Kier alpha value is -2.21. The second-order valence-corrected chi connectivity index (χ2v) is 7.39. The van der Waals surface area contributed by atoms with Gasteiger partial charge in [0.1, 0.15) is 0 Å². The predicted octanol–water partition coefficient (Wildman–Crippen LogP) is 3.12. The average Bonchev–Trinajstić information content (AvgIpc) is 2.99. The lowest BCUT2D eigenvalue weighted by Crippen LogP contribution is -2.46. The van der Waals surface area contributed by atoms with E-state index in [4.69, 9.17) is 9.26 Å². The summed E-state index contributed by atoms with van der Waals surface area (Å²) in [4.78, 5) is 17.1. The number of hydrogen-bond acceptors (Lipinski definition) is 5. The average molecular weight is 329 g/mol. The molecular formula is C18H23N3O3. The summed E-state index contributed by atoms with van der Waals surface area (Å²) in [7, 11) is 0. The van der Waals surface area contributed by atoms with Crippen molar-refractivity contribution >= 4 is 5.91 Å². The Morgan fingerprint density at radius 2 is 1.96 bits per heavy atom. The van der Waals surface area contributed by atoms with Crippen LogP contribution in [0.5, 0.6) is 0 Å². The smallest absolute Gasteiger partial charge is 0.258 e. The van der Waals surface area contributed by atoms with Gasteiger partial charge in [-0.2, -0.15) is 4.98 Å². The van der Waals surface area contributed by atoms with E-state index in [0.29, 0.717) is 22.8 Å². The van der Waals surface area contributed by atoms with E-state index < -0.39 is 5.60 Å². The van der Waals surface area contributed by atoms with Gasteiger partial charge in [-0.25, -0.2) is 0 Å². The third-order valence-corrected chi connectivity index (χ3v) is 4.31. The largest absolute Gasteiger partial charge is 0.367 e. The Bertz CT molecular complexity index is 764. The molecule has 0 saturated carbocycles. The van der Waals surface area contributed by atoms with Crippen molar-refractivity contribution in [2.45, 2.75) is 58.3 Å². The van der Waals surface area contributed by atoms with Gasteiger partial charge in [-0.3, -0.25) is 4.79 Å². The summed E-state index contributed by atoms with van der Waals surface area (Å²) in [5.74, 6) is 0.716. The lowest BCUT2D eigenvalue weighted by Gasteiger charge is -2.27. The first kappa shape index (κ1) is 16.6. The summed E-state index contributed by atoms with van der Waals surface area (Å²) in [5, 5.41) is 6.91. The number of nitrogens with one attached hydrogen (secondary N) is 1. The number of amides is 1. The lowest BCUT2D eigenvalue weighted by atomic mass is 9.94. The van der Waals surface area contributed by atoms with Gasteiger partial charge < -0.3 is 14.6 Å². The molecule has 1 amide bonds. The Kier molecular flexibility index (Phi) is 3.95. The summed E-state index contributed by atoms with van der Waals surface area (Å²) >= 11 is 0. The van der Waals surface area contributed by atoms with Crippen LogP contribution < -0.4 is 5.32 Å². The summed E-state index contributed by atoms with van der Waals surface area (Å²) < 4.78 is 11.3. The third kappa shape index (κ3) is 3.19. The molecule has 128 valence electrons. The maximum absolute atomic E-state index is 12.8. The molecule has 0 aliphatic carbocycles. The Balaban J connectivity index is 1.87. The van der Waals surface area contributed by atoms with Crippen LogP contribution in [0, 0.1) is 6.92 Å². The second-order valence-electron chi connectivity index (χ2n) is 7.39. The van der Waals surface area contributed by atoms with Crippen molar-refractivity contribution < 1.29 is 14.1 Å². The lowest BCUT2D eigenvalue weighted by molar-refractivity contribution is -0.0693. The van der Waals surface area contributed by atoms with Crippen molar-refractivity contribution in [3.05, 3.63) is 35.7 Å². The molecule has 1 aromatic heterocycles. The van der Waals surface area contributed by atoms with Crippen molar-refractivity contribution in [2.24, 2.45) is 0 Å². The van der Waals surface area contributed by atoms with E-state index in [1.165, 1.54) is 0 Å². The number of hydrogen-bond donors (Lipinski definition) is 1. The molecule has 1 saturated heterocycles. The number of benzene rings is 1. The first-order valence-corrected chi connectivity index (χ1v) is 8.09. The van der Waals surface area contributed by atoms with Crippen molar-refractivity contribution in [3.8, 4) is 11.5 Å². The molecule has 0 spiro atoms. The minimum Gasteiger partial charge on any atom is -0.367 e. The fourth-order valence-corrected chi connectivity index (χ4v) is 3.30. The van der Waals surface area contributed by atoms with Gasteiger partial charge in [-0.1, -0.05) is 17.3 Å². The minimum absolute atomic E-state index is 0.0718. The van der Waals surface area contributed by atoms with Crippen LogP contribution in [0.15, 0.2) is 28.8 Å². The summed E-state index contributed by atoms with van der Waals surface area (Å²) in [6.07, 6.45) is 0.758. The highest BCUT2D eigenvalue weighted by atomic mass is 16.5. The van der Waals surface area contributed by atoms with E-state index in [-0.39, 0.29) is 17.6 Å². The molecule has 1 fully saturated rings. The van der Waals surface area contributed by atoms with E-state index in [1.807, 2.05) is 45.9 Å². The number of carbonyl (C=O) groups excluding carboxylic acids is 1. The fourth-order valence-electron chi connectivity index (χ4n) is 3.30. The maximum atomic E-state index is 12.8. The monoisotopic (exact) mass is 329 g/mol. The van der Waals surface area contributed by atoms with Gasteiger partial charge in [0.25, 0.3) is 11.8 Å². The number of rotatable bonds is 3. The van der Waals surface area contributed by atoms with E-state index in [9.17, 15) is 4.79 Å². The van der Waals surface area contributed by atoms with Gasteiger partial charge in [0.05, 0.1) is 28.4 Å². The molecule has 1 unspecified atom stereocenters. The zero-order valence-corrected chi connectivity index (χ0v) is 14.7.